The Hall–Kier alpha value is -1.80. The average Bonchev–Trinajstić information content (AvgIpc) is 2.62. The summed E-state index contributed by atoms with van der Waals surface area (Å²) in [5, 5.41) is 0. The van der Waals surface area contributed by atoms with Crippen molar-refractivity contribution in [1.82, 2.24) is 0 Å². The number of aliphatic imine (C=N–C) groups is 1. The summed E-state index contributed by atoms with van der Waals surface area (Å²) < 4.78 is 0. The monoisotopic (exact) mass is 288 g/mol. The van der Waals surface area contributed by atoms with Gasteiger partial charge in [-0.3, -0.25) is 4.99 Å². The van der Waals surface area contributed by atoms with Crippen molar-refractivity contribution in [2.45, 2.75) is 26.7 Å². The van der Waals surface area contributed by atoms with Crippen molar-refractivity contribution in [1.29, 1.82) is 0 Å². The van der Waals surface area contributed by atoms with E-state index in [9.17, 15) is 0 Å². The molecule has 1 aliphatic rings. The van der Waals surface area contributed by atoms with Crippen molar-refractivity contribution in [2.75, 3.05) is 0 Å². The molecular formula is C17H21ClN2. The minimum Gasteiger partial charge on any atom is -0.401 e. The van der Waals surface area contributed by atoms with Crippen LogP contribution in [-0.4, -0.2) is 6.21 Å². The molecule has 0 atom stereocenters. The van der Waals surface area contributed by atoms with Gasteiger partial charge in [0.1, 0.15) is 0 Å². The van der Waals surface area contributed by atoms with E-state index in [-0.39, 0.29) is 0 Å². The zero-order chi connectivity index (χ0) is 14.8. The Morgan fingerprint density at radius 3 is 2.80 bits per heavy atom. The van der Waals surface area contributed by atoms with Crippen LogP contribution in [0.3, 0.4) is 0 Å². The molecule has 0 aromatic heterocycles. The smallest absolute Gasteiger partial charge is 0.0845 e. The molecule has 0 fully saturated rings. The highest BCUT2D eigenvalue weighted by molar-refractivity contribution is 6.25. The lowest BCUT2D eigenvalue weighted by atomic mass is 10.0. The molecule has 0 heterocycles. The lowest BCUT2D eigenvalue weighted by Crippen LogP contribution is -2.00. The van der Waals surface area contributed by atoms with E-state index >= 15 is 0 Å². The van der Waals surface area contributed by atoms with Crippen LogP contribution >= 0.6 is 11.6 Å². The molecule has 0 aliphatic heterocycles. The Balaban J connectivity index is 2.79. The highest BCUT2D eigenvalue weighted by atomic mass is 35.5. The summed E-state index contributed by atoms with van der Waals surface area (Å²) in [5.41, 5.74) is 11.5. The Labute approximate surface area is 126 Å². The van der Waals surface area contributed by atoms with Crippen molar-refractivity contribution in [2.24, 2.45) is 10.7 Å². The minimum atomic E-state index is 0.736. The summed E-state index contributed by atoms with van der Waals surface area (Å²) in [4.78, 5) is 4.51. The van der Waals surface area contributed by atoms with Gasteiger partial charge in [-0.05, 0) is 25.8 Å². The molecule has 0 radical (unpaired) electrons. The van der Waals surface area contributed by atoms with Crippen molar-refractivity contribution in [3.05, 3.63) is 70.6 Å². The lowest BCUT2D eigenvalue weighted by molar-refractivity contribution is 1.06. The zero-order valence-electron chi connectivity index (χ0n) is 12.0. The summed E-state index contributed by atoms with van der Waals surface area (Å²) in [6, 6.07) is 0. The molecule has 3 heteroatoms. The van der Waals surface area contributed by atoms with Crippen molar-refractivity contribution in [3.63, 3.8) is 0 Å². The van der Waals surface area contributed by atoms with Gasteiger partial charge in [-0.1, -0.05) is 59.7 Å². The van der Waals surface area contributed by atoms with E-state index in [0.717, 1.165) is 29.8 Å². The maximum absolute atomic E-state index is 5.96. The first kappa shape index (κ1) is 16.3. The first-order valence-corrected chi connectivity index (χ1v) is 7.03. The molecule has 20 heavy (non-hydrogen) atoms. The molecule has 1 rings (SSSR count). The number of rotatable bonds is 5. The third-order valence-corrected chi connectivity index (χ3v) is 2.86. The number of allylic oxidation sites excluding steroid dienone is 10. The van der Waals surface area contributed by atoms with Gasteiger partial charge in [0.15, 0.2) is 0 Å². The molecular weight excluding hydrogens is 268 g/mol. The molecule has 106 valence electrons. The van der Waals surface area contributed by atoms with Crippen LogP contribution in [0.5, 0.6) is 0 Å². The van der Waals surface area contributed by atoms with Crippen LogP contribution in [0.15, 0.2) is 75.6 Å². The summed E-state index contributed by atoms with van der Waals surface area (Å²) in [7, 11) is 0. The number of nitrogens with zero attached hydrogens (tertiary/aromatic N) is 1. The van der Waals surface area contributed by atoms with Crippen LogP contribution in [0.25, 0.3) is 0 Å². The first-order chi connectivity index (χ1) is 9.65. The van der Waals surface area contributed by atoms with Crippen LogP contribution in [0, 0.1) is 0 Å². The molecule has 0 aromatic carbocycles. The van der Waals surface area contributed by atoms with Gasteiger partial charge in [0, 0.05) is 23.9 Å². The molecule has 0 unspecified atom stereocenters. The topological polar surface area (TPSA) is 38.4 Å². The molecule has 0 saturated carbocycles. The minimum absolute atomic E-state index is 0.736. The second-order valence-corrected chi connectivity index (χ2v) is 4.84. The van der Waals surface area contributed by atoms with Gasteiger partial charge < -0.3 is 5.73 Å². The van der Waals surface area contributed by atoms with E-state index in [1.807, 2.05) is 37.4 Å². The van der Waals surface area contributed by atoms with Crippen molar-refractivity contribution < 1.29 is 0 Å². The van der Waals surface area contributed by atoms with Gasteiger partial charge in [0.05, 0.1) is 5.70 Å². The van der Waals surface area contributed by atoms with Gasteiger partial charge >= 0.3 is 0 Å². The average molecular weight is 289 g/mol. The van der Waals surface area contributed by atoms with Gasteiger partial charge in [-0.2, -0.15) is 0 Å². The Bertz CT molecular complexity index is 525. The van der Waals surface area contributed by atoms with E-state index in [0.29, 0.717) is 0 Å². The Morgan fingerprint density at radius 2 is 2.10 bits per heavy atom. The summed E-state index contributed by atoms with van der Waals surface area (Å²) >= 11 is 5.43. The molecule has 0 spiro atoms. The van der Waals surface area contributed by atoms with E-state index < -0.39 is 0 Å². The van der Waals surface area contributed by atoms with Crippen LogP contribution in [0.4, 0.5) is 0 Å². The number of nitrogens with two attached hydrogens (primary N) is 1. The second-order valence-electron chi connectivity index (χ2n) is 4.59. The van der Waals surface area contributed by atoms with Crippen LogP contribution < -0.4 is 5.73 Å². The third kappa shape index (κ3) is 5.89. The SMILES string of the molecule is CC1=CC=CC=C(C(/N=C\C/C=C\C=C\Cl)=C(\C)N)C1. The fourth-order valence-corrected chi connectivity index (χ4v) is 1.90. The molecule has 1 aliphatic carbocycles. The van der Waals surface area contributed by atoms with Gasteiger partial charge in [0.25, 0.3) is 0 Å². The highest BCUT2D eigenvalue weighted by Crippen LogP contribution is 2.23. The Kier molecular flexibility index (Phi) is 7.44. The number of hydrogen-bond acceptors (Lipinski definition) is 2. The number of hydrogen-bond donors (Lipinski definition) is 1. The third-order valence-electron chi connectivity index (χ3n) is 2.72. The molecule has 0 aromatic rings. The fraction of sp³-hybridized carbons (Fsp3) is 0.235. The maximum Gasteiger partial charge on any atom is 0.0845 e. The quantitative estimate of drug-likeness (QED) is 0.574. The van der Waals surface area contributed by atoms with E-state index in [1.165, 1.54) is 11.1 Å². The van der Waals surface area contributed by atoms with Gasteiger partial charge in [0.2, 0.25) is 0 Å². The standard InChI is InChI=1S/C17H21ClN2/c1-14-9-5-6-10-16(13-14)17(15(2)19)20-12-8-4-3-7-11-18/h3-7,9-12H,8,13,19H2,1-2H3/b4-3-,11-7+,17-15-,20-12-. The van der Waals surface area contributed by atoms with Crippen molar-refractivity contribution in [3.8, 4) is 0 Å². The largest absolute Gasteiger partial charge is 0.401 e. The molecule has 0 amide bonds. The second kappa shape index (κ2) is 9.16. The van der Waals surface area contributed by atoms with Crippen molar-refractivity contribution >= 4 is 17.8 Å². The predicted molar refractivity (Wildman–Crippen MR) is 89.7 cm³/mol. The maximum atomic E-state index is 5.96. The summed E-state index contributed by atoms with van der Waals surface area (Å²) in [5.74, 6) is 0. The molecule has 2 nitrogen and oxygen atoms in total. The Morgan fingerprint density at radius 1 is 1.35 bits per heavy atom. The van der Waals surface area contributed by atoms with Crippen LogP contribution in [-0.2, 0) is 0 Å². The van der Waals surface area contributed by atoms with Gasteiger partial charge in [-0.15, -0.1) is 0 Å². The lowest BCUT2D eigenvalue weighted by Gasteiger charge is -2.09. The summed E-state index contributed by atoms with van der Waals surface area (Å²) in [6.07, 6.45) is 17.4. The zero-order valence-corrected chi connectivity index (χ0v) is 12.8. The van der Waals surface area contributed by atoms with E-state index in [4.69, 9.17) is 17.3 Å². The molecule has 0 saturated heterocycles. The van der Waals surface area contributed by atoms with Crippen LogP contribution in [0.1, 0.15) is 26.7 Å². The van der Waals surface area contributed by atoms with E-state index in [1.54, 1.807) is 6.08 Å². The van der Waals surface area contributed by atoms with E-state index in [2.05, 4.69) is 24.1 Å². The first-order valence-electron chi connectivity index (χ1n) is 6.59. The highest BCUT2D eigenvalue weighted by Gasteiger charge is 2.07. The van der Waals surface area contributed by atoms with Gasteiger partial charge in [-0.25, -0.2) is 0 Å². The predicted octanol–water partition coefficient (Wildman–Crippen LogP) is 4.78. The fourth-order valence-electron chi connectivity index (χ4n) is 1.81. The van der Waals surface area contributed by atoms with Crippen LogP contribution in [0.2, 0.25) is 0 Å². The normalized spacial score (nSPS) is 17.6. The molecule has 0 bridgehead atoms. The number of halogens is 1. The molecule has 2 N–H and O–H groups in total. The summed E-state index contributed by atoms with van der Waals surface area (Å²) in [6.45, 7) is 3.99.